The van der Waals surface area contributed by atoms with Crippen LogP contribution in [0.15, 0.2) is 30.3 Å². The number of carbonyl (C=O) groups is 1. The van der Waals surface area contributed by atoms with Crippen molar-refractivity contribution in [1.82, 2.24) is 10.2 Å². The van der Waals surface area contributed by atoms with Gasteiger partial charge in [-0.1, -0.05) is 44.2 Å². The van der Waals surface area contributed by atoms with Crippen molar-refractivity contribution in [1.29, 1.82) is 0 Å². The summed E-state index contributed by atoms with van der Waals surface area (Å²) in [6.45, 7) is 8.71. The molecular weight excluding hydrogens is 288 g/mol. The van der Waals surface area contributed by atoms with Crippen molar-refractivity contribution < 1.29 is 9.53 Å². The van der Waals surface area contributed by atoms with Crippen LogP contribution in [0.2, 0.25) is 0 Å². The Morgan fingerprint density at radius 3 is 2.43 bits per heavy atom. The molecule has 1 atom stereocenters. The van der Waals surface area contributed by atoms with Crippen LogP contribution >= 0.6 is 0 Å². The number of nitrogens with one attached hydrogen (secondary N) is 1. The third-order valence-electron chi connectivity index (χ3n) is 5.27. The lowest BCUT2D eigenvalue weighted by Gasteiger charge is -2.37. The Labute approximate surface area is 139 Å². The van der Waals surface area contributed by atoms with Crippen LogP contribution in [-0.2, 0) is 14.9 Å². The van der Waals surface area contributed by atoms with E-state index in [9.17, 15) is 4.79 Å². The van der Waals surface area contributed by atoms with Crippen molar-refractivity contribution in [3.8, 4) is 0 Å². The number of nitrogens with zero attached hydrogens (tertiary/aromatic N) is 1. The number of benzene rings is 1. The largest absolute Gasteiger partial charge is 0.379 e. The van der Waals surface area contributed by atoms with Crippen LogP contribution < -0.4 is 5.32 Å². The van der Waals surface area contributed by atoms with Crippen LogP contribution in [0.25, 0.3) is 0 Å². The summed E-state index contributed by atoms with van der Waals surface area (Å²) in [5.41, 5.74) is 0.887. The molecular formula is C19H28N2O2. The first-order chi connectivity index (χ1) is 11.1. The molecule has 2 aliphatic rings. The van der Waals surface area contributed by atoms with Gasteiger partial charge >= 0.3 is 0 Å². The highest BCUT2D eigenvalue weighted by molar-refractivity contribution is 5.91. The van der Waals surface area contributed by atoms with Crippen molar-refractivity contribution in [2.45, 2.75) is 38.1 Å². The zero-order valence-electron chi connectivity index (χ0n) is 14.3. The molecule has 1 aliphatic heterocycles. The fourth-order valence-corrected chi connectivity index (χ4v) is 3.59. The molecule has 23 heavy (non-hydrogen) atoms. The number of hydrogen-bond acceptors (Lipinski definition) is 3. The van der Waals surface area contributed by atoms with Gasteiger partial charge in [-0.3, -0.25) is 9.69 Å². The second-order valence-electron chi connectivity index (χ2n) is 7.12. The lowest BCUT2D eigenvalue weighted by atomic mass is 9.94. The maximum Gasteiger partial charge on any atom is 0.230 e. The summed E-state index contributed by atoms with van der Waals surface area (Å²) in [5.74, 6) is 0.711. The van der Waals surface area contributed by atoms with Gasteiger partial charge in [-0.05, 0) is 24.3 Å². The summed E-state index contributed by atoms with van der Waals surface area (Å²) in [5, 5.41) is 3.24. The molecule has 1 unspecified atom stereocenters. The summed E-state index contributed by atoms with van der Waals surface area (Å²) in [4.78, 5) is 15.2. The Hall–Kier alpha value is -1.39. The van der Waals surface area contributed by atoms with Crippen molar-refractivity contribution >= 4 is 5.91 Å². The second kappa shape index (κ2) is 7.02. The molecule has 1 N–H and O–H groups in total. The zero-order valence-corrected chi connectivity index (χ0v) is 14.3. The van der Waals surface area contributed by atoms with Crippen molar-refractivity contribution in [2.75, 3.05) is 32.8 Å². The molecule has 0 aromatic heterocycles. The number of carbonyl (C=O) groups excluding carboxylic acids is 1. The van der Waals surface area contributed by atoms with Crippen LogP contribution in [0, 0.1) is 5.92 Å². The van der Waals surface area contributed by atoms with E-state index >= 15 is 0 Å². The standard InChI is InChI=1S/C19H28N2O2/c1-15(2)17(21-10-12-23-13-11-21)14-20-18(22)19(8-9-19)16-6-4-3-5-7-16/h3-7,15,17H,8-14H2,1-2H3,(H,20,22). The molecule has 126 valence electrons. The predicted molar refractivity (Wildman–Crippen MR) is 91.4 cm³/mol. The first-order valence-corrected chi connectivity index (χ1v) is 8.79. The zero-order chi connectivity index (χ0) is 16.3. The molecule has 1 aromatic carbocycles. The van der Waals surface area contributed by atoms with E-state index in [2.05, 4.69) is 36.2 Å². The summed E-state index contributed by atoms with van der Waals surface area (Å²) >= 11 is 0. The van der Waals surface area contributed by atoms with E-state index in [1.807, 2.05) is 18.2 Å². The monoisotopic (exact) mass is 316 g/mol. The van der Waals surface area contributed by atoms with Gasteiger partial charge in [0.15, 0.2) is 0 Å². The maximum atomic E-state index is 12.8. The smallest absolute Gasteiger partial charge is 0.230 e. The molecule has 4 heteroatoms. The molecule has 3 rings (SSSR count). The van der Waals surface area contributed by atoms with Gasteiger partial charge in [0.1, 0.15) is 0 Å². The van der Waals surface area contributed by atoms with E-state index < -0.39 is 0 Å². The second-order valence-corrected chi connectivity index (χ2v) is 7.12. The Morgan fingerprint density at radius 1 is 1.22 bits per heavy atom. The molecule has 1 aliphatic carbocycles. The first-order valence-electron chi connectivity index (χ1n) is 8.79. The Kier molecular flexibility index (Phi) is 5.02. The highest BCUT2D eigenvalue weighted by atomic mass is 16.5. The quantitative estimate of drug-likeness (QED) is 0.875. The Balaban J connectivity index is 1.61. The average Bonchev–Trinajstić information content (AvgIpc) is 3.38. The highest BCUT2D eigenvalue weighted by Gasteiger charge is 2.51. The molecule has 0 spiro atoms. The van der Waals surface area contributed by atoms with Crippen LogP contribution in [0.5, 0.6) is 0 Å². The van der Waals surface area contributed by atoms with Crippen molar-refractivity contribution in [3.05, 3.63) is 35.9 Å². The summed E-state index contributed by atoms with van der Waals surface area (Å²) in [6.07, 6.45) is 1.93. The van der Waals surface area contributed by atoms with Gasteiger partial charge in [0.25, 0.3) is 0 Å². The van der Waals surface area contributed by atoms with Gasteiger partial charge in [0, 0.05) is 25.7 Å². The summed E-state index contributed by atoms with van der Waals surface area (Å²) in [7, 11) is 0. The van der Waals surface area contributed by atoms with Crippen molar-refractivity contribution in [2.24, 2.45) is 5.92 Å². The molecule has 1 heterocycles. The van der Waals surface area contributed by atoms with Crippen molar-refractivity contribution in [3.63, 3.8) is 0 Å². The van der Waals surface area contributed by atoms with Gasteiger partial charge in [0.05, 0.1) is 18.6 Å². The fraction of sp³-hybridized carbons (Fsp3) is 0.632. The van der Waals surface area contributed by atoms with Crippen LogP contribution in [0.3, 0.4) is 0 Å². The number of amides is 1. The number of morpholine rings is 1. The van der Waals surface area contributed by atoms with Gasteiger partial charge in [-0.25, -0.2) is 0 Å². The SMILES string of the molecule is CC(C)C(CNC(=O)C1(c2ccccc2)CC1)N1CCOCC1. The Morgan fingerprint density at radius 2 is 1.87 bits per heavy atom. The topological polar surface area (TPSA) is 41.6 Å². The minimum Gasteiger partial charge on any atom is -0.379 e. The molecule has 0 radical (unpaired) electrons. The Bertz CT molecular complexity index is 519. The van der Waals surface area contributed by atoms with Gasteiger partial charge in [0.2, 0.25) is 5.91 Å². The van der Waals surface area contributed by atoms with E-state index in [4.69, 9.17) is 4.74 Å². The molecule has 1 saturated carbocycles. The molecule has 2 fully saturated rings. The minimum atomic E-state index is -0.270. The number of hydrogen-bond donors (Lipinski definition) is 1. The maximum absolute atomic E-state index is 12.8. The third kappa shape index (κ3) is 3.59. The highest BCUT2D eigenvalue weighted by Crippen LogP contribution is 2.48. The molecule has 1 saturated heterocycles. The number of rotatable bonds is 6. The predicted octanol–water partition coefficient (Wildman–Crippen LogP) is 2.19. The first kappa shape index (κ1) is 16.5. The van der Waals surface area contributed by atoms with E-state index in [1.165, 1.54) is 0 Å². The van der Waals surface area contributed by atoms with Gasteiger partial charge < -0.3 is 10.1 Å². The molecule has 4 nitrogen and oxygen atoms in total. The van der Waals surface area contributed by atoms with Gasteiger partial charge in [-0.2, -0.15) is 0 Å². The molecule has 0 bridgehead atoms. The lowest BCUT2D eigenvalue weighted by Crippen LogP contribution is -2.52. The van der Waals surface area contributed by atoms with E-state index in [-0.39, 0.29) is 11.3 Å². The van der Waals surface area contributed by atoms with E-state index in [0.29, 0.717) is 12.0 Å². The van der Waals surface area contributed by atoms with Crippen LogP contribution in [-0.4, -0.2) is 49.7 Å². The van der Waals surface area contributed by atoms with Gasteiger partial charge in [-0.15, -0.1) is 0 Å². The molecule has 1 amide bonds. The summed E-state index contributed by atoms with van der Waals surface area (Å²) in [6, 6.07) is 10.6. The normalized spacial score (nSPS) is 21.9. The fourth-order valence-electron chi connectivity index (χ4n) is 3.59. The molecule has 1 aromatic rings. The summed E-state index contributed by atoms with van der Waals surface area (Å²) < 4.78 is 5.45. The average molecular weight is 316 g/mol. The van der Waals surface area contributed by atoms with Crippen LogP contribution in [0.4, 0.5) is 0 Å². The number of ether oxygens (including phenoxy) is 1. The lowest BCUT2D eigenvalue weighted by molar-refractivity contribution is -0.124. The third-order valence-corrected chi connectivity index (χ3v) is 5.27. The van der Waals surface area contributed by atoms with Crippen LogP contribution in [0.1, 0.15) is 32.3 Å². The minimum absolute atomic E-state index is 0.197. The van der Waals surface area contributed by atoms with E-state index in [0.717, 1.165) is 51.3 Å². The van der Waals surface area contributed by atoms with E-state index in [1.54, 1.807) is 0 Å².